The lowest BCUT2D eigenvalue weighted by molar-refractivity contribution is 0.237. The highest BCUT2D eigenvalue weighted by atomic mass is 32.2. The fraction of sp³-hybridized carbons (Fsp3) is 0.636. The zero-order valence-electron chi connectivity index (χ0n) is 10.6. The molecule has 4 nitrogen and oxygen atoms in total. The molecule has 0 saturated carbocycles. The van der Waals surface area contributed by atoms with Gasteiger partial charge in [0, 0.05) is 22.9 Å². The Balaban J connectivity index is 2.35. The number of nitrogens with zero attached hydrogens (tertiary/aromatic N) is 1. The molecule has 2 amide bonds. The van der Waals surface area contributed by atoms with Gasteiger partial charge in [-0.1, -0.05) is 0 Å². The molecule has 0 fully saturated rings. The van der Waals surface area contributed by atoms with Crippen LogP contribution in [-0.4, -0.2) is 28.6 Å². The molecule has 1 rings (SSSR count). The van der Waals surface area contributed by atoms with Gasteiger partial charge in [-0.05, 0) is 27.0 Å². The zero-order valence-corrected chi connectivity index (χ0v) is 12.2. The third kappa shape index (κ3) is 4.95. The number of aromatic nitrogens is 1. The summed E-state index contributed by atoms with van der Waals surface area (Å²) >= 11 is 3.28. The average molecular weight is 273 g/mol. The molecule has 1 aromatic heterocycles. The maximum Gasteiger partial charge on any atom is 0.315 e. The minimum Gasteiger partial charge on any atom is -0.337 e. The Morgan fingerprint density at radius 2 is 2.35 bits per heavy atom. The maximum atomic E-state index is 11.7. The highest BCUT2D eigenvalue weighted by Gasteiger charge is 2.18. The van der Waals surface area contributed by atoms with Gasteiger partial charge < -0.3 is 10.6 Å². The van der Waals surface area contributed by atoms with Crippen molar-refractivity contribution in [1.29, 1.82) is 0 Å². The number of nitrogens with one attached hydrogen (secondary N) is 2. The molecule has 0 bridgehead atoms. The van der Waals surface area contributed by atoms with Crippen molar-refractivity contribution in [3.63, 3.8) is 0 Å². The molecule has 1 atom stereocenters. The van der Waals surface area contributed by atoms with Crippen molar-refractivity contribution in [3.8, 4) is 0 Å². The van der Waals surface area contributed by atoms with Gasteiger partial charge in [0.05, 0.1) is 6.04 Å². The standard InChI is InChI=1S/C11H19N3OS2/c1-8(9-12-5-6-17-9)14-10(15)13-7-11(2,3)16-4/h5-6,8H,7H2,1-4H3,(H2,13,14,15)/t8-/m1/s1. The zero-order chi connectivity index (χ0) is 12.9. The van der Waals surface area contributed by atoms with Crippen LogP contribution in [0.1, 0.15) is 31.8 Å². The summed E-state index contributed by atoms with van der Waals surface area (Å²) in [5.74, 6) is 0. The number of carbonyl (C=O) groups is 1. The summed E-state index contributed by atoms with van der Waals surface area (Å²) in [6.07, 6.45) is 3.78. The number of urea groups is 1. The molecule has 2 N–H and O–H groups in total. The van der Waals surface area contributed by atoms with Crippen molar-refractivity contribution < 1.29 is 4.79 Å². The quantitative estimate of drug-likeness (QED) is 0.867. The summed E-state index contributed by atoms with van der Waals surface area (Å²) in [5.41, 5.74) is 0. The highest BCUT2D eigenvalue weighted by molar-refractivity contribution is 7.99. The summed E-state index contributed by atoms with van der Waals surface area (Å²) < 4.78 is 0.0573. The smallest absolute Gasteiger partial charge is 0.315 e. The first-order valence-electron chi connectivity index (χ1n) is 5.43. The molecule has 0 spiro atoms. The van der Waals surface area contributed by atoms with Gasteiger partial charge in [-0.2, -0.15) is 11.8 Å². The van der Waals surface area contributed by atoms with Gasteiger partial charge in [0.25, 0.3) is 0 Å². The second-order valence-corrected chi connectivity index (χ2v) is 6.82. The van der Waals surface area contributed by atoms with Crippen LogP contribution in [0.5, 0.6) is 0 Å². The van der Waals surface area contributed by atoms with Crippen molar-refractivity contribution in [1.82, 2.24) is 15.6 Å². The van der Waals surface area contributed by atoms with Crippen LogP contribution in [0.3, 0.4) is 0 Å². The van der Waals surface area contributed by atoms with Gasteiger partial charge in [-0.25, -0.2) is 9.78 Å². The summed E-state index contributed by atoms with van der Waals surface area (Å²) in [6, 6.07) is -0.192. The third-order valence-electron chi connectivity index (χ3n) is 2.40. The van der Waals surface area contributed by atoms with Crippen LogP contribution in [0.15, 0.2) is 11.6 Å². The number of carbonyl (C=O) groups excluding carboxylic acids is 1. The predicted molar refractivity (Wildman–Crippen MR) is 74.7 cm³/mol. The molecule has 0 aliphatic rings. The summed E-state index contributed by atoms with van der Waals surface area (Å²) in [7, 11) is 0. The largest absolute Gasteiger partial charge is 0.337 e. The first-order valence-corrected chi connectivity index (χ1v) is 7.54. The number of hydrogen-bond acceptors (Lipinski definition) is 4. The molecule has 0 aliphatic carbocycles. The van der Waals surface area contributed by atoms with E-state index in [0.717, 1.165) is 5.01 Å². The van der Waals surface area contributed by atoms with Gasteiger partial charge >= 0.3 is 6.03 Å². The first-order chi connectivity index (χ1) is 7.94. The summed E-state index contributed by atoms with van der Waals surface area (Å²) in [4.78, 5) is 15.8. The lowest BCUT2D eigenvalue weighted by Gasteiger charge is -2.23. The molecule has 0 unspecified atom stereocenters. The monoisotopic (exact) mass is 273 g/mol. The first kappa shape index (κ1) is 14.3. The van der Waals surface area contributed by atoms with E-state index in [-0.39, 0.29) is 16.8 Å². The molecular formula is C11H19N3OS2. The Morgan fingerprint density at radius 3 is 2.88 bits per heavy atom. The van der Waals surface area contributed by atoms with E-state index in [1.54, 1.807) is 29.3 Å². The van der Waals surface area contributed by atoms with E-state index >= 15 is 0 Å². The lowest BCUT2D eigenvalue weighted by atomic mass is 10.2. The fourth-order valence-corrected chi connectivity index (χ4v) is 1.99. The average Bonchev–Trinajstić information content (AvgIpc) is 2.80. The van der Waals surface area contributed by atoms with Crippen LogP contribution in [-0.2, 0) is 0 Å². The Morgan fingerprint density at radius 1 is 1.65 bits per heavy atom. The van der Waals surface area contributed by atoms with Crippen molar-refractivity contribution in [3.05, 3.63) is 16.6 Å². The second kappa shape index (κ2) is 6.26. The van der Waals surface area contributed by atoms with Gasteiger partial charge in [-0.15, -0.1) is 11.3 Å². The van der Waals surface area contributed by atoms with Crippen LogP contribution in [0.4, 0.5) is 4.79 Å². The summed E-state index contributed by atoms with van der Waals surface area (Å²) in [6.45, 7) is 6.77. The molecule has 1 aromatic rings. The normalized spacial score (nSPS) is 13.2. The number of rotatable bonds is 5. The van der Waals surface area contributed by atoms with Crippen LogP contribution in [0.25, 0.3) is 0 Å². The molecule has 0 saturated heterocycles. The number of thiazole rings is 1. The Kier molecular flexibility index (Phi) is 5.27. The predicted octanol–water partition coefficient (Wildman–Crippen LogP) is 2.64. The van der Waals surface area contributed by atoms with E-state index in [0.29, 0.717) is 6.54 Å². The Labute approximate surface area is 111 Å². The number of hydrogen-bond donors (Lipinski definition) is 2. The minimum atomic E-state index is -0.144. The fourth-order valence-electron chi connectivity index (χ4n) is 1.12. The van der Waals surface area contributed by atoms with Crippen LogP contribution < -0.4 is 10.6 Å². The minimum absolute atomic E-state index is 0.0487. The van der Waals surface area contributed by atoms with Gasteiger partial charge in [0.1, 0.15) is 5.01 Å². The lowest BCUT2D eigenvalue weighted by Crippen LogP contribution is -2.42. The van der Waals surface area contributed by atoms with Crippen molar-refractivity contribution in [2.75, 3.05) is 12.8 Å². The van der Waals surface area contributed by atoms with Crippen molar-refractivity contribution in [2.45, 2.75) is 31.6 Å². The van der Waals surface area contributed by atoms with Crippen LogP contribution in [0.2, 0.25) is 0 Å². The third-order valence-corrected chi connectivity index (χ3v) is 4.60. The van der Waals surface area contributed by atoms with Crippen LogP contribution >= 0.6 is 23.1 Å². The van der Waals surface area contributed by atoms with Crippen LogP contribution in [0, 0.1) is 0 Å². The topological polar surface area (TPSA) is 54.0 Å². The molecule has 0 radical (unpaired) electrons. The highest BCUT2D eigenvalue weighted by Crippen LogP contribution is 2.19. The maximum absolute atomic E-state index is 11.7. The van der Waals surface area contributed by atoms with Gasteiger partial charge in [0.2, 0.25) is 0 Å². The molecule has 0 aromatic carbocycles. The van der Waals surface area contributed by atoms with E-state index in [4.69, 9.17) is 0 Å². The molecule has 96 valence electrons. The Hall–Kier alpha value is -0.750. The molecule has 17 heavy (non-hydrogen) atoms. The van der Waals surface area contributed by atoms with E-state index in [1.165, 1.54) is 0 Å². The van der Waals surface area contributed by atoms with Crippen molar-refractivity contribution in [2.24, 2.45) is 0 Å². The van der Waals surface area contributed by atoms with E-state index < -0.39 is 0 Å². The second-order valence-electron chi connectivity index (χ2n) is 4.38. The summed E-state index contributed by atoms with van der Waals surface area (Å²) in [5, 5.41) is 8.57. The van der Waals surface area contributed by atoms with Crippen molar-refractivity contribution >= 4 is 29.1 Å². The number of amides is 2. The molecular weight excluding hydrogens is 254 g/mol. The number of thioether (sulfide) groups is 1. The SMILES string of the molecule is CSC(C)(C)CNC(=O)N[C@H](C)c1nccs1. The van der Waals surface area contributed by atoms with E-state index in [1.807, 2.05) is 18.6 Å². The van der Waals surface area contributed by atoms with E-state index in [2.05, 4.69) is 29.5 Å². The molecule has 1 heterocycles. The van der Waals surface area contributed by atoms with E-state index in [9.17, 15) is 4.79 Å². The van der Waals surface area contributed by atoms with Gasteiger partial charge in [-0.3, -0.25) is 0 Å². The van der Waals surface area contributed by atoms with Gasteiger partial charge in [0.15, 0.2) is 0 Å². The Bertz CT molecular complexity index is 352. The molecule has 0 aliphatic heterocycles. The molecule has 6 heteroatoms.